The van der Waals surface area contributed by atoms with Gasteiger partial charge in [0.25, 0.3) is 0 Å². The number of hydrogen-bond acceptors (Lipinski definition) is 2. The van der Waals surface area contributed by atoms with Crippen molar-refractivity contribution >= 4 is 5.96 Å². The first-order valence-corrected chi connectivity index (χ1v) is 6.85. The number of likely N-dealkylation sites (tertiary alicyclic amines) is 1. The van der Waals surface area contributed by atoms with Crippen molar-refractivity contribution in [2.75, 3.05) is 19.6 Å². The van der Waals surface area contributed by atoms with Gasteiger partial charge >= 0.3 is 0 Å². The normalized spacial score (nSPS) is 21.1. The van der Waals surface area contributed by atoms with E-state index in [0.717, 1.165) is 37.3 Å². The van der Waals surface area contributed by atoms with Crippen LogP contribution in [0.5, 0.6) is 0 Å². The molecule has 0 saturated carbocycles. The summed E-state index contributed by atoms with van der Waals surface area (Å²) in [5.41, 5.74) is 0. The molecule has 18 heavy (non-hydrogen) atoms. The zero-order valence-corrected chi connectivity index (χ0v) is 11.4. The van der Waals surface area contributed by atoms with E-state index in [4.69, 9.17) is 4.42 Å². The second-order valence-electron chi connectivity index (χ2n) is 4.94. The molecule has 4 heteroatoms. The minimum Gasteiger partial charge on any atom is -0.467 e. The van der Waals surface area contributed by atoms with E-state index in [1.54, 1.807) is 6.26 Å². The van der Waals surface area contributed by atoms with Crippen molar-refractivity contribution in [3.63, 3.8) is 0 Å². The van der Waals surface area contributed by atoms with Crippen molar-refractivity contribution in [1.82, 2.24) is 10.2 Å². The monoisotopic (exact) mass is 249 g/mol. The Labute approximate surface area is 109 Å². The minimum atomic E-state index is 0.611. The Balaban J connectivity index is 1.99. The number of hydrogen-bond donors (Lipinski definition) is 1. The van der Waals surface area contributed by atoms with Crippen LogP contribution >= 0.6 is 0 Å². The van der Waals surface area contributed by atoms with Crippen LogP contribution in [0.3, 0.4) is 0 Å². The van der Waals surface area contributed by atoms with E-state index >= 15 is 0 Å². The molecule has 1 aliphatic heterocycles. The maximum absolute atomic E-state index is 5.32. The first-order chi connectivity index (χ1) is 8.79. The van der Waals surface area contributed by atoms with Crippen LogP contribution in [0.4, 0.5) is 0 Å². The Bertz CT molecular complexity index is 372. The smallest absolute Gasteiger partial charge is 0.194 e. The van der Waals surface area contributed by atoms with Crippen LogP contribution in [0.15, 0.2) is 27.8 Å². The van der Waals surface area contributed by atoms with Gasteiger partial charge in [0.15, 0.2) is 5.96 Å². The minimum absolute atomic E-state index is 0.611. The van der Waals surface area contributed by atoms with Crippen LogP contribution in [-0.4, -0.2) is 30.5 Å². The van der Waals surface area contributed by atoms with Crippen molar-refractivity contribution in [1.29, 1.82) is 0 Å². The summed E-state index contributed by atoms with van der Waals surface area (Å²) >= 11 is 0. The van der Waals surface area contributed by atoms with E-state index in [0.29, 0.717) is 6.54 Å². The maximum Gasteiger partial charge on any atom is 0.194 e. The fraction of sp³-hybridized carbons (Fsp3) is 0.643. The molecular weight excluding hydrogens is 226 g/mol. The standard InChI is InChI=1S/C14H23N3O/c1-3-15-14(16-10-13-7-5-9-18-13)17-8-4-6-12(2)11-17/h5,7,9,12H,3-4,6,8,10-11H2,1-2H3,(H,15,16). The summed E-state index contributed by atoms with van der Waals surface area (Å²) in [5, 5.41) is 3.37. The zero-order chi connectivity index (χ0) is 12.8. The van der Waals surface area contributed by atoms with E-state index in [-0.39, 0.29) is 0 Å². The molecule has 1 aliphatic rings. The van der Waals surface area contributed by atoms with Crippen LogP contribution in [0.1, 0.15) is 32.4 Å². The fourth-order valence-electron chi connectivity index (χ4n) is 2.36. The highest BCUT2D eigenvalue weighted by atomic mass is 16.3. The van der Waals surface area contributed by atoms with Crippen LogP contribution in [-0.2, 0) is 6.54 Å². The lowest BCUT2D eigenvalue weighted by Crippen LogP contribution is -2.46. The van der Waals surface area contributed by atoms with Gasteiger partial charge in [0.2, 0.25) is 0 Å². The fourth-order valence-corrected chi connectivity index (χ4v) is 2.36. The lowest BCUT2D eigenvalue weighted by molar-refractivity contribution is 0.265. The molecule has 0 aliphatic carbocycles. The summed E-state index contributed by atoms with van der Waals surface area (Å²) < 4.78 is 5.32. The molecule has 1 saturated heterocycles. The predicted molar refractivity (Wildman–Crippen MR) is 73.5 cm³/mol. The number of furan rings is 1. The second-order valence-corrected chi connectivity index (χ2v) is 4.94. The molecule has 2 heterocycles. The highest BCUT2D eigenvalue weighted by Crippen LogP contribution is 2.15. The van der Waals surface area contributed by atoms with E-state index < -0.39 is 0 Å². The average molecular weight is 249 g/mol. The molecular formula is C14H23N3O. The largest absolute Gasteiger partial charge is 0.467 e. The van der Waals surface area contributed by atoms with Crippen molar-refractivity contribution in [3.05, 3.63) is 24.2 Å². The van der Waals surface area contributed by atoms with Crippen molar-refractivity contribution in [2.45, 2.75) is 33.2 Å². The Morgan fingerprint density at radius 2 is 2.50 bits per heavy atom. The van der Waals surface area contributed by atoms with Gasteiger partial charge in [-0.2, -0.15) is 0 Å². The Morgan fingerprint density at radius 3 is 3.17 bits per heavy atom. The molecule has 1 unspecified atom stereocenters. The quantitative estimate of drug-likeness (QED) is 0.661. The van der Waals surface area contributed by atoms with Gasteiger partial charge in [-0.1, -0.05) is 6.92 Å². The average Bonchev–Trinajstić information content (AvgIpc) is 2.87. The van der Waals surface area contributed by atoms with E-state index in [2.05, 4.69) is 29.1 Å². The SMILES string of the molecule is CCNC(=NCc1ccco1)N1CCCC(C)C1. The summed E-state index contributed by atoms with van der Waals surface area (Å²) in [6.07, 6.45) is 4.28. The van der Waals surface area contributed by atoms with Gasteiger partial charge in [0.1, 0.15) is 12.3 Å². The summed E-state index contributed by atoms with van der Waals surface area (Å²) in [6, 6.07) is 3.87. The van der Waals surface area contributed by atoms with Crippen molar-refractivity contribution in [3.8, 4) is 0 Å². The van der Waals surface area contributed by atoms with Gasteiger partial charge in [0.05, 0.1) is 6.26 Å². The highest BCUT2D eigenvalue weighted by molar-refractivity contribution is 5.80. The molecule has 0 amide bonds. The van der Waals surface area contributed by atoms with Crippen molar-refractivity contribution < 1.29 is 4.42 Å². The Morgan fingerprint density at radius 1 is 1.61 bits per heavy atom. The number of piperidine rings is 1. The molecule has 1 atom stereocenters. The second kappa shape index (κ2) is 6.47. The van der Waals surface area contributed by atoms with Crippen LogP contribution < -0.4 is 5.32 Å². The topological polar surface area (TPSA) is 40.8 Å². The van der Waals surface area contributed by atoms with Crippen LogP contribution in [0, 0.1) is 5.92 Å². The maximum atomic E-state index is 5.32. The lowest BCUT2D eigenvalue weighted by atomic mass is 10.0. The molecule has 100 valence electrons. The molecule has 0 radical (unpaired) electrons. The molecule has 2 rings (SSSR count). The summed E-state index contributed by atoms with van der Waals surface area (Å²) in [6.45, 7) is 8.14. The molecule has 0 aromatic carbocycles. The number of nitrogens with one attached hydrogen (secondary N) is 1. The van der Waals surface area contributed by atoms with E-state index in [1.807, 2.05) is 12.1 Å². The number of nitrogens with zero attached hydrogens (tertiary/aromatic N) is 2. The van der Waals surface area contributed by atoms with Gasteiger partial charge in [-0.3, -0.25) is 0 Å². The van der Waals surface area contributed by atoms with Crippen LogP contribution in [0.2, 0.25) is 0 Å². The number of guanidine groups is 1. The third-order valence-corrected chi connectivity index (χ3v) is 3.26. The molecule has 0 spiro atoms. The van der Waals surface area contributed by atoms with Gasteiger partial charge in [0, 0.05) is 19.6 Å². The van der Waals surface area contributed by atoms with E-state index in [9.17, 15) is 0 Å². The highest BCUT2D eigenvalue weighted by Gasteiger charge is 2.18. The Hall–Kier alpha value is -1.45. The van der Waals surface area contributed by atoms with Gasteiger partial charge in [-0.25, -0.2) is 4.99 Å². The molecule has 4 nitrogen and oxygen atoms in total. The summed E-state index contributed by atoms with van der Waals surface area (Å²) in [4.78, 5) is 7.01. The van der Waals surface area contributed by atoms with E-state index in [1.165, 1.54) is 12.8 Å². The third-order valence-electron chi connectivity index (χ3n) is 3.26. The number of aliphatic imine (C=N–C) groups is 1. The third kappa shape index (κ3) is 3.52. The van der Waals surface area contributed by atoms with Crippen LogP contribution in [0.25, 0.3) is 0 Å². The van der Waals surface area contributed by atoms with Crippen molar-refractivity contribution in [2.24, 2.45) is 10.9 Å². The molecule has 1 fully saturated rings. The van der Waals surface area contributed by atoms with Gasteiger partial charge in [-0.15, -0.1) is 0 Å². The molecule has 1 aromatic rings. The summed E-state index contributed by atoms with van der Waals surface area (Å²) in [7, 11) is 0. The van der Waals surface area contributed by atoms with Gasteiger partial charge < -0.3 is 14.6 Å². The Kier molecular flexibility index (Phi) is 4.67. The van der Waals surface area contributed by atoms with Gasteiger partial charge in [-0.05, 0) is 37.8 Å². The summed E-state index contributed by atoms with van der Waals surface area (Å²) in [5.74, 6) is 2.68. The molecule has 0 bridgehead atoms. The molecule has 1 N–H and O–H groups in total. The first kappa shape index (κ1) is 13.0. The first-order valence-electron chi connectivity index (χ1n) is 6.85. The zero-order valence-electron chi connectivity index (χ0n) is 11.4. The molecule has 1 aromatic heterocycles. The lowest BCUT2D eigenvalue weighted by Gasteiger charge is -2.33. The predicted octanol–water partition coefficient (Wildman–Crippen LogP) is 2.48. The number of rotatable bonds is 3.